The van der Waals surface area contributed by atoms with Gasteiger partial charge in [0.1, 0.15) is 0 Å². The fourth-order valence-electron chi connectivity index (χ4n) is 1.20. The van der Waals surface area contributed by atoms with Crippen LogP contribution in [0.5, 0.6) is 0 Å². The molecule has 118 valence electrons. The van der Waals surface area contributed by atoms with Crippen molar-refractivity contribution in [1.29, 1.82) is 0 Å². The van der Waals surface area contributed by atoms with E-state index in [1.807, 2.05) is 0 Å². The molecule has 0 saturated carbocycles. The monoisotopic (exact) mass is 530 g/mol. The van der Waals surface area contributed by atoms with E-state index in [4.69, 9.17) is 0 Å². The molecule has 0 fully saturated rings. The van der Waals surface area contributed by atoms with E-state index in [2.05, 4.69) is 61.5 Å². The standard InChI is InChI=1S/C13H12I.6FH.Sb/c1-11-7-9-13(10-8-11)14-12-5-3-2-4-6-12;;;;;;;/h2-10H,1H3;6*1H;/q+1;;;;;;;+5/p-6. The van der Waals surface area contributed by atoms with E-state index in [1.165, 1.54) is 12.7 Å². The molecule has 0 aliphatic carbocycles. The molecule has 0 N–H and O–H groups in total. The van der Waals surface area contributed by atoms with Crippen molar-refractivity contribution in [2.45, 2.75) is 6.92 Å². The zero-order valence-electron chi connectivity index (χ0n) is 10.8. The van der Waals surface area contributed by atoms with E-state index in [0.717, 1.165) is 0 Å². The van der Waals surface area contributed by atoms with E-state index >= 15 is 0 Å². The maximum absolute atomic E-state index is 11.2. The van der Waals surface area contributed by atoms with Crippen LogP contribution in [0.2, 0.25) is 0 Å². The normalized spacial score (nSPS) is 14.4. The second-order valence-corrected chi connectivity index (χ2v) is 12.6. The summed E-state index contributed by atoms with van der Waals surface area (Å²) in [7, 11) is 0. The third kappa shape index (κ3) is 13.0. The number of benzene rings is 2. The molecular weight excluding hydrogens is 519 g/mol. The molecule has 0 bridgehead atoms. The summed E-state index contributed by atoms with van der Waals surface area (Å²) in [6.07, 6.45) is 0. The van der Waals surface area contributed by atoms with Gasteiger partial charge in [-0.05, 0) is 31.2 Å². The van der Waals surface area contributed by atoms with Gasteiger partial charge in [-0.2, -0.15) is 0 Å². The van der Waals surface area contributed by atoms with Gasteiger partial charge in [0.25, 0.3) is 0 Å². The van der Waals surface area contributed by atoms with Crippen LogP contribution < -0.4 is 21.2 Å². The first-order valence-corrected chi connectivity index (χ1v) is 13.6. The van der Waals surface area contributed by atoms with Crippen LogP contribution in [0.15, 0.2) is 54.6 Å². The minimum absolute atomic E-state index is 0.0159. The summed E-state index contributed by atoms with van der Waals surface area (Å²) in [6.45, 7) is 2.13. The van der Waals surface area contributed by atoms with Gasteiger partial charge in [0.05, 0.1) is 0 Å². The van der Waals surface area contributed by atoms with Crippen molar-refractivity contribution in [2.24, 2.45) is 0 Å². The van der Waals surface area contributed by atoms with Gasteiger partial charge in [-0.1, -0.05) is 35.9 Å². The van der Waals surface area contributed by atoms with Crippen LogP contribution in [0.1, 0.15) is 5.56 Å². The average molecular weight is 531 g/mol. The minimum atomic E-state index is -11.2. The average Bonchev–Trinajstić information content (AvgIpc) is 2.30. The molecule has 2 rings (SSSR count). The second-order valence-electron chi connectivity index (χ2n) is 4.14. The van der Waals surface area contributed by atoms with Crippen molar-refractivity contribution in [3.8, 4) is 0 Å². The molecule has 0 radical (unpaired) electrons. The zero-order chi connectivity index (χ0) is 16.2. The summed E-state index contributed by atoms with van der Waals surface area (Å²) >= 11 is -11.2. The van der Waals surface area contributed by atoms with Crippen LogP contribution in [0, 0.1) is 14.1 Å². The van der Waals surface area contributed by atoms with Crippen molar-refractivity contribution >= 4 is 19.5 Å². The Bertz CT molecular complexity index is 566. The molecule has 0 saturated heterocycles. The Kier molecular flexibility index (Phi) is 5.31. The van der Waals surface area contributed by atoms with Crippen molar-refractivity contribution in [1.82, 2.24) is 0 Å². The van der Waals surface area contributed by atoms with E-state index in [9.17, 15) is 16.9 Å². The van der Waals surface area contributed by atoms with Gasteiger partial charge in [0, 0.05) is 0 Å². The molecule has 0 nitrogen and oxygen atoms in total. The van der Waals surface area contributed by atoms with Crippen molar-refractivity contribution < 1.29 is 38.1 Å². The molecule has 0 spiro atoms. The van der Waals surface area contributed by atoms with Crippen molar-refractivity contribution in [2.75, 3.05) is 0 Å². The fourth-order valence-corrected chi connectivity index (χ4v) is 3.41. The fraction of sp³-hybridized carbons (Fsp3) is 0.0769. The van der Waals surface area contributed by atoms with E-state index in [-0.39, 0.29) is 21.2 Å². The SMILES string of the molecule is Cc1ccc([I+]c2ccccc2)cc1.[F][Sb-]([F])([F])([F])([F])[F]. The first kappa shape index (κ1) is 18.6. The van der Waals surface area contributed by atoms with Gasteiger partial charge in [-0.3, -0.25) is 0 Å². The number of halogens is 7. The Morgan fingerprint density at radius 3 is 1.48 bits per heavy atom. The van der Waals surface area contributed by atoms with Crippen LogP contribution >= 0.6 is 0 Å². The quantitative estimate of drug-likeness (QED) is 0.318. The Morgan fingerprint density at radius 1 is 0.667 bits per heavy atom. The van der Waals surface area contributed by atoms with Gasteiger partial charge < -0.3 is 0 Å². The molecule has 2 aromatic rings. The molecule has 0 unspecified atom stereocenters. The molecule has 0 aliphatic rings. The molecule has 0 aliphatic heterocycles. The van der Waals surface area contributed by atoms with Crippen molar-refractivity contribution in [3.63, 3.8) is 0 Å². The summed E-state index contributed by atoms with van der Waals surface area (Å²) in [4.78, 5) is 0. The molecule has 2 aromatic carbocycles. The molecule has 0 aromatic heterocycles. The summed E-state index contributed by atoms with van der Waals surface area (Å²) in [5, 5.41) is 0. The Balaban J connectivity index is 0.000000270. The van der Waals surface area contributed by atoms with Crippen LogP contribution in [-0.2, 0) is 0 Å². The molecule has 0 atom stereocenters. The molecular formula is C13H12F6ISb. The number of aryl methyl sites for hydroxylation is 1. The Morgan fingerprint density at radius 2 is 1.05 bits per heavy atom. The van der Waals surface area contributed by atoms with Gasteiger partial charge in [0.15, 0.2) is 7.14 Å². The van der Waals surface area contributed by atoms with Gasteiger partial charge >= 0.3 is 57.6 Å². The van der Waals surface area contributed by atoms with E-state index in [0.29, 0.717) is 0 Å². The van der Waals surface area contributed by atoms with E-state index in [1.54, 1.807) is 0 Å². The Hall–Kier alpha value is -0.432. The summed E-state index contributed by atoms with van der Waals surface area (Å²) in [6, 6.07) is 19.6. The van der Waals surface area contributed by atoms with Gasteiger partial charge in [-0.15, -0.1) is 0 Å². The number of hydrogen-bond acceptors (Lipinski definition) is 0. The Labute approximate surface area is 131 Å². The molecule has 0 heterocycles. The van der Waals surface area contributed by atoms with E-state index < -0.39 is 19.5 Å². The van der Waals surface area contributed by atoms with Crippen LogP contribution in [0.25, 0.3) is 0 Å². The van der Waals surface area contributed by atoms with Crippen LogP contribution in [-0.4, -0.2) is 19.5 Å². The predicted octanol–water partition coefficient (Wildman–Crippen LogP) is 2.26. The first-order valence-electron chi connectivity index (χ1n) is 5.62. The molecule has 8 heteroatoms. The molecule has 21 heavy (non-hydrogen) atoms. The summed E-state index contributed by atoms with van der Waals surface area (Å²) in [5.74, 6) is 0. The summed E-state index contributed by atoms with van der Waals surface area (Å²) in [5.41, 5.74) is 1.34. The third-order valence-electron chi connectivity index (χ3n) is 1.96. The molecule has 0 amide bonds. The van der Waals surface area contributed by atoms with Gasteiger partial charge in [0.2, 0.25) is 0 Å². The summed E-state index contributed by atoms with van der Waals surface area (Å²) < 4.78 is 62.5. The van der Waals surface area contributed by atoms with Crippen molar-refractivity contribution in [3.05, 3.63) is 67.3 Å². The first-order chi connectivity index (χ1) is 9.29. The second kappa shape index (κ2) is 5.99. The van der Waals surface area contributed by atoms with Gasteiger partial charge in [-0.25, -0.2) is 0 Å². The number of hydrogen-bond donors (Lipinski definition) is 0. The predicted molar refractivity (Wildman–Crippen MR) is 67.4 cm³/mol. The van der Waals surface area contributed by atoms with Crippen LogP contribution in [0.4, 0.5) is 16.9 Å². The number of rotatable bonds is 2. The maximum atomic E-state index is 9.93. The zero-order valence-corrected chi connectivity index (χ0v) is 15.5. The topological polar surface area (TPSA) is 0 Å². The third-order valence-corrected chi connectivity index (χ3v) is 4.65. The van der Waals surface area contributed by atoms with Crippen LogP contribution in [0.3, 0.4) is 0 Å².